The van der Waals surface area contributed by atoms with Crippen LogP contribution in [0.2, 0.25) is 0 Å². The van der Waals surface area contributed by atoms with E-state index < -0.39 is 23.7 Å². The zero-order valence-corrected chi connectivity index (χ0v) is 14.7. The van der Waals surface area contributed by atoms with Crippen molar-refractivity contribution in [1.82, 2.24) is 0 Å². The van der Waals surface area contributed by atoms with E-state index in [-0.39, 0.29) is 21.9 Å². The van der Waals surface area contributed by atoms with Gasteiger partial charge in [0.05, 0.1) is 26.2 Å². The van der Waals surface area contributed by atoms with Crippen LogP contribution in [0.5, 0.6) is 0 Å². The third-order valence-corrected chi connectivity index (χ3v) is 4.63. The fourth-order valence-electron chi connectivity index (χ4n) is 2.20. The maximum absolute atomic E-state index is 12.9. The number of methoxy groups -OCH3 is 2. The van der Waals surface area contributed by atoms with Gasteiger partial charge in [-0.1, -0.05) is 12.1 Å². The molecule has 0 aliphatic heterocycles. The molecule has 0 aliphatic rings. The molecule has 25 heavy (non-hydrogen) atoms. The van der Waals surface area contributed by atoms with Crippen molar-refractivity contribution in [2.75, 3.05) is 19.5 Å². The fourth-order valence-corrected chi connectivity index (χ4v) is 3.32. The van der Waals surface area contributed by atoms with Crippen molar-refractivity contribution < 1.29 is 28.2 Å². The van der Waals surface area contributed by atoms with Gasteiger partial charge in [-0.3, -0.25) is 4.79 Å². The number of halogens is 1. The summed E-state index contributed by atoms with van der Waals surface area (Å²) in [7, 11) is 2.44. The number of rotatable bonds is 5. The number of esters is 2. The van der Waals surface area contributed by atoms with E-state index in [0.29, 0.717) is 11.1 Å². The third kappa shape index (κ3) is 4.21. The highest BCUT2D eigenvalue weighted by Crippen LogP contribution is 2.34. The molecule has 1 aromatic carbocycles. The molecule has 132 valence electrons. The van der Waals surface area contributed by atoms with Gasteiger partial charge in [0.15, 0.2) is 0 Å². The number of hydrogen-bond acceptors (Lipinski definition) is 6. The summed E-state index contributed by atoms with van der Waals surface area (Å²) in [6.07, 6.45) is -0.00853. The molecule has 0 bridgehead atoms. The molecule has 0 spiro atoms. The molecule has 1 heterocycles. The van der Waals surface area contributed by atoms with Crippen molar-refractivity contribution in [2.45, 2.75) is 13.3 Å². The Morgan fingerprint density at radius 3 is 2.24 bits per heavy atom. The van der Waals surface area contributed by atoms with E-state index >= 15 is 0 Å². The van der Waals surface area contributed by atoms with Crippen LogP contribution in [-0.4, -0.2) is 32.1 Å². The Labute approximate surface area is 147 Å². The standard InChI is InChI=1S/C17H16FNO5S/c1-9-13(16(21)23-2)15(25-14(9)17(22)24-3)19-12(20)8-10-4-6-11(18)7-5-10/h4-7H,8H2,1-3H3,(H,19,20). The molecule has 0 atom stereocenters. The number of benzene rings is 1. The number of nitrogens with one attached hydrogen (secondary N) is 1. The van der Waals surface area contributed by atoms with Gasteiger partial charge in [-0.15, -0.1) is 11.3 Å². The van der Waals surface area contributed by atoms with Crippen molar-refractivity contribution in [3.8, 4) is 0 Å². The van der Waals surface area contributed by atoms with E-state index in [1.807, 2.05) is 0 Å². The number of thiophene rings is 1. The Kier molecular flexibility index (Phi) is 5.87. The lowest BCUT2D eigenvalue weighted by Crippen LogP contribution is -2.16. The highest BCUT2D eigenvalue weighted by molar-refractivity contribution is 7.18. The predicted molar refractivity (Wildman–Crippen MR) is 90.5 cm³/mol. The van der Waals surface area contributed by atoms with Gasteiger partial charge in [0, 0.05) is 0 Å². The van der Waals surface area contributed by atoms with Gasteiger partial charge in [-0.2, -0.15) is 0 Å². The molecule has 0 saturated heterocycles. The summed E-state index contributed by atoms with van der Waals surface area (Å²) >= 11 is 0.937. The molecule has 6 nitrogen and oxygen atoms in total. The largest absolute Gasteiger partial charge is 0.465 e. The summed E-state index contributed by atoms with van der Waals surface area (Å²) in [6, 6.07) is 5.51. The molecule has 1 N–H and O–H groups in total. The predicted octanol–water partition coefficient (Wildman–Crippen LogP) is 2.95. The van der Waals surface area contributed by atoms with Crippen molar-refractivity contribution in [3.63, 3.8) is 0 Å². The van der Waals surface area contributed by atoms with Crippen molar-refractivity contribution in [1.29, 1.82) is 0 Å². The van der Waals surface area contributed by atoms with Gasteiger partial charge in [-0.05, 0) is 30.2 Å². The van der Waals surface area contributed by atoms with Gasteiger partial charge in [0.1, 0.15) is 15.7 Å². The van der Waals surface area contributed by atoms with Gasteiger partial charge in [-0.25, -0.2) is 14.0 Å². The zero-order chi connectivity index (χ0) is 18.6. The molecule has 2 rings (SSSR count). The lowest BCUT2D eigenvalue weighted by molar-refractivity contribution is -0.115. The number of hydrogen-bond donors (Lipinski definition) is 1. The van der Waals surface area contributed by atoms with Crippen LogP contribution in [0.15, 0.2) is 24.3 Å². The number of carbonyl (C=O) groups excluding carboxylic acids is 3. The third-order valence-electron chi connectivity index (χ3n) is 3.44. The molecule has 0 fully saturated rings. The second-order valence-electron chi connectivity index (χ2n) is 5.09. The molecule has 0 aliphatic carbocycles. The average Bonchev–Trinajstić information content (AvgIpc) is 2.91. The molecule has 2 aromatic rings. The normalized spacial score (nSPS) is 10.2. The smallest absolute Gasteiger partial charge is 0.348 e. The van der Waals surface area contributed by atoms with Crippen LogP contribution in [0.25, 0.3) is 0 Å². The van der Waals surface area contributed by atoms with Gasteiger partial charge in [0.2, 0.25) is 5.91 Å². The Hall–Kier alpha value is -2.74. The minimum atomic E-state index is -0.666. The van der Waals surface area contributed by atoms with Gasteiger partial charge < -0.3 is 14.8 Å². The first kappa shape index (κ1) is 18.6. The lowest BCUT2D eigenvalue weighted by atomic mass is 10.1. The lowest BCUT2D eigenvalue weighted by Gasteiger charge is -2.06. The van der Waals surface area contributed by atoms with E-state index in [1.54, 1.807) is 6.92 Å². The topological polar surface area (TPSA) is 81.7 Å². The van der Waals surface area contributed by atoms with Crippen LogP contribution in [0.3, 0.4) is 0 Å². The van der Waals surface area contributed by atoms with Crippen LogP contribution in [-0.2, 0) is 20.7 Å². The number of anilines is 1. The van der Waals surface area contributed by atoms with E-state index in [0.717, 1.165) is 11.3 Å². The SMILES string of the molecule is COC(=O)c1sc(NC(=O)Cc2ccc(F)cc2)c(C(=O)OC)c1C. The average molecular weight is 365 g/mol. The fraction of sp³-hybridized carbons (Fsp3) is 0.235. The first-order chi connectivity index (χ1) is 11.9. The molecule has 0 unspecified atom stereocenters. The first-order valence-electron chi connectivity index (χ1n) is 7.21. The molecule has 1 amide bonds. The summed E-state index contributed by atoms with van der Waals surface area (Å²) in [5.74, 6) is -2.07. The first-order valence-corrected chi connectivity index (χ1v) is 8.03. The van der Waals surface area contributed by atoms with E-state index in [2.05, 4.69) is 10.1 Å². The second-order valence-corrected chi connectivity index (χ2v) is 6.12. The quantitative estimate of drug-likeness (QED) is 0.824. The summed E-state index contributed by atoms with van der Waals surface area (Å²) in [4.78, 5) is 36.2. The minimum Gasteiger partial charge on any atom is -0.465 e. The van der Waals surface area contributed by atoms with Crippen molar-refractivity contribution in [3.05, 3.63) is 51.7 Å². The summed E-state index contributed by atoms with van der Waals surface area (Å²) in [5, 5.41) is 2.81. The van der Waals surface area contributed by atoms with E-state index in [4.69, 9.17) is 4.74 Å². The highest BCUT2D eigenvalue weighted by atomic mass is 32.1. The maximum Gasteiger partial charge on any atom is 0.348 e. The number of ether oxygens (including phenoxy) is 2. The second kappa shape index (κ2) is 7.89. The Morgan fingerprint density at radius 1 is 1.08 bits per heavy atom. The number of carbonyl (C=O) groups is 3. The maximum atomic E-state index is 12.9. The van der Waals surface area contributed by atoms with Crippen molar-refractivity contribution >= 4 is 34.2 Å². The van der Waals surface area contributed by atoms with Crippen LogP contribution in [0.4, 0.5) is 9.39 Å². The molecule has 0 radical (unpaired) electrons. The summed E-state index contributed by atoms with van der Waals surface area (Å²) in [5.41, 5.74) is 1.10. The molecular formula is C17H16FNO5S. The monoisotopic (exact) mass is 365 g/mol. The summed E-state index contributed by atoms with van der Waals surface area (Å²) in [6.45, 7) is 1.57. The molecule has 1 aromatic heterocycles. The van der Waals surface area contributed by atoms with Crippen molar-refractivity contribution in [2.24, 2.45) is 0 Å². The molecular weight excluding hydrogens is 349 g/mol. The summed E-state index contributed by atoms with van der Waals surface area (Å²) < 4.78 is 22.3. The van der Waals surface area contributed by atoms with Crippen LogP contribution in [0.1, 0.15) is 31.2 Å². The molecule has 8 heteroatoms. The highest BCUT2D eigenvalue weighted by Gasteiger charge is 2.26. The minimum absolute atomic E-state index is 0.00853. The van der Waals surface area contributed by atoms with Crippen LogP contribution in [0, 0.1) is 12.7 Å². The van der Waals surface area contributed by atoms with Gasteiger partial charge in [0.25, 0.3) is 0 Å². The number of amides is 1. The Morgan fingerprint density at radius 2 is 1.68 bits per heavy atom. The van der Waals surface area contributed by atoms with Crippen LogP contribution >= 0.6 is 11.3 Å². The van der Waals surface area contributed by atoms with E-state index in [1.165, 1.54) is 38.5 Å². The van der Waals surface area contributed by atoms with Crippen LogP contribution < -0.4 is 5.32 Å². The molecule has 0 saturated carbocycles. The zero-order valence-electron chi connectivity index (χ0n) is 13.8. The Balaban J connectivity index is 2.27. The Bertz CT molecular complexity index is 813. The van der Waals surface area contributed by atoms with Gasteiger partial charge >= 0.3 is 11.9 Å². The van der Waals surface area contributed by atoms with E-state index in [9.17, 15) is 18.8 Å².